The van der Waals surface area contributed by atoms with Crippen LogP contribution in [0.3, 0.4) is 0 Å². The van der Waals surface area contributed by atoms with E-state index in [1.54, 1.807) is 0 Å². The number of aliphatic hydroxyl groups is 1. The predicted molar refractivity (Wildman–Crippen MR) is 408 cm³/mol. The lowest BCUT2D eigenvalue weighted by atomic mass is 10.0. The van der Waals surface area contributed by atoms with Gasteiger partial charge < -0.3 is 14.6 Å². The highest BCUT2D eigenvalue weighted by molar-refractivity contribution is 5.70. The maximum atomic E-state index is 12.4. The Bertz CT molecular complexity index is 1740. The summed E-state index contributed by atoms with van der Waals surface area (Å²) in [6.07, 6.45) is 119. The van der Waals surface area contributed by atoms with Crippen LogP contribution in [-0.2, 0) is 19.1 Å². The second-order valence-electron chi connectivity index (χ2n) is 27.1. The molecule has 0 aliphatic carbocycles. The van der Waals surface area contributed by atoms with E-state index >= 15 is 0 Å². The van der Waals surface area contributed by atoms with Crippen molar-refractivity contribution in [2.45, 2.75) is 418 Å². The molecule has 0 aromatic carbocycles. The minimum absolute atomic E-state index is 0.0634. The highest BCUT2D eigenvalue weighted by Crippen LogP contribution is 2.19. The quantitative estimate of drug-likeness (QED) is 0.0373. The molecule has 0 spiro atoms. The molecule has 1 unspecified atom stereocenters. The first-order valence-electron chi connectivity index (χ1n) is 40.4. The number of carbonyl (C=O) groups is 2. The van der Waals surface area contributed by atoms with Gasteiger partial charge in [-0.15, -0.1) is 0 Å². The van der Waals surface area contributed by atoms with Crippen molar-refractivity contribution in [3.63, 3.8) is 0 Å². The van der Waals surface area contributed by atoms with E-state index in [9.17, 15) is 14.7 Å². The fourth-order valence-corrected chi connectivity index (χ4v) is 12.0. The third-order valence-corrected chi connectivity index (χ3v) is 18.1. The molecule has 0 rings (SSSR count). The van der Waals surface area contributed by atoms with Gasteiger partial charge in [-0.2, -0.15) is 0 Å². The molecule has 0 amide bonds. The second-order valence-corrected chi connectivity index (χ2v) is 27.1. The molecule has 0 aliphatic heterocycles. The first-order chi connectivity index (χ1) is 45.6. The summed E-state index contributed by atoms with van der Waals surface area (Å²) in [5, 5.41) is 9.73. The van der Waals surface area contributed by atoms with E-state index in [0.717, 1.165) is 89.9 Å². The standard InChI is InChI=1S/C87H154O5/c1-3-5-7-9-11-13-15-17-19-21-23-25-27-29-31-33-35-37-39-41-42-43-44-46-47-49-51-53-55-57-59-61-63-65-67-69-71-73-75-77-79-81-86(89)91-84-85(83-88)92-87(90)82-80-78-76-74-72-70-68-66-64-62-60-58-56-54-52-50-48-45-40-38-36-34-32-30-28-26-24-22-20-18-16-14-12-10-8-6-4-2/h6,8,12,14-15,17-18,20-21,23-24,26-27,29-30,32,36,38,85,88H,3-5,7,9-11,13,16,19,22,25,28,31,33-35,37,39-84H2,1-2H3/b8-6-,14-12-,17-15-,20-18-,23-21-,26-24-,29-27-,32-30-,38-36-. The van der Waals surface area contributed by atoms with Crippen LogP contribution < -0.4 is 0 Å². The molecule has 0 aliphatic rings. The topological polar surface area (TPSA) is 72.8 Å². The Labute approximate surface area is 573 Å². The number of aliphatic hydroxyl groups excluding tert-OH is 1. The number of ether oxygens (including phenoxy) is 2. The molecule has 0 saturated carbocycles. The first-order valence-corrected chi connectivity index (χ1v) is 40.4. The van der Waals surface area contributed by atoms with Crippen LogP contribution in [0.1, 0.15) is 412 Å². The highest BCUT2D eigenvalue weighted by atomic mass is 16.6. The van der Waals surface area contributed by atoms with Gasteiger partial charge in [-0.25, -0.2) is 0 Å². The Morgan fingerprint density at radius 1 is 0.261 bits per heavy atom. The monoisotopic (exact) mass is 1280 g/mol. The molecule has 0 heterocycles. The van der Waals surface area contributed by atoms with E-state index in [1.807, 2.05) is 0 Å². The molecular weight excluding hydrogens is 1120 g/mol. The number of allylic oxidation sites excluding steroid dienone is 18. The molecule has 0 fully saturated rings. The van der Waals surface area contributed by atoms with Gasteiger partial charge in [0.05, 0.1) is 6.61 Å². The van der Waals surface area contributed by atoms with Crippen molar-refractivity contribution in [1.29, 1.82) is 0 Å². The Hall–Kier alpha value is -3.44. The number of unbranched alkanes of at least 4 members (excludes halogenated alkanes) is 49. The SMILES string of the molecule is CC/C=C\C/C=C\C/C=C\C/C=C\C/C=C\C/C=C\CCCCCCCCCCCCCCCCCCCCC(=O)OC(CO)COC(=O)CCCCCCCCCCCCCCCCCCCCCCCCCCCC/C=C\C/C=C\C/C=C\CCCCCCC. The summed E-state index contributed by atoms with van der Waals surface area (Å²) in [4.78, 5) is 24.7. The smallest absolute Gasteiger partial charge is 0.306 e. The summed E-state index contributed by atoms with van der Waals surface area (Å²) in [7, 11) is 0. The minimum Gasteiger partial charge on any atom is -0.462 e. The number of esters is 2. The maximum Gasteiger partial charge on any atom is 0.306 e. The zero-order chi connectivity index (χ0) is 66.1. The number of rotatable bonds is 75. The van der Waals surface area contributed by atoms with Crippen LogP contribution in [0.15, 0.2) is 109 Å². The van der Waals surface area contributed by atoms with Gasteiger partial charge in [0.1, 0.15) is 6.61 Å². The number of hydrogen-bond donors (Lipinski definition) is 1. The largest absolute Gasteiger partial charge is 0.462 e. The first kappa shape index (κ1) is 88.6. The molecule has 5 nitrogen and oxygen atoms in total. The van der Waals surface area contributed by atoms with E-state index < -0.39 is 6.10 Å². The number of carbonyl (C=O) groups excluding carboxylic acids is 2. The summed E-state index contributed by atoms with van der Waals surface area (Å²) in [5.74, 6) is -0.571. The normalized spacial score (nSPS) is 12.8. The maximum absolute atomic E-state index is 12.4. The molecule has 0 aromatic heterocycles. The Balaban J connectivity index is 3.40. The average Bonchev–Trinajstić information content (AvgIpc) is 3.70. The van der Waals surface area contributed by atoms with Crippen LogP contribution in [0.4, 0.5) is 0 Å². The van der Waals surface area contributed by atoms with Gasteiger partial charge in [0.15, 0.2) is 6.10 Å². The third-order valence-electron chi connectivity index (χ3n) is 18.1. The predicted octanol–water partition coefficient (Wildman–Crippen LogP) is 28.7. The van der Waals surface area contributed by atoms with Crippen molar-refractivity contribution in [3.05, 3.63) is 109 Å². The van der Waals surface area contributed by atoms with Crippen molar-refractivity contribution in [3.8, 4) is 0 Å². The van der Waals surface area contributed by atoms with E-state index in [-0.39, 0.29) is 25.2 Å². The van der Waals surface area contributed by atoms with Gasteiger partial charge in [-0.1, -0.05) is 406 Å². The van der Waals surface area contributed by atoms with Gasteiger partial charge in [0.2, 0.25) is 0 Å². The van der Waals surface area contributed by atoms with Crippen molar-refractivity contribution < 1.29 is 24.2 Å². The van der Waals surface area contributed by atoms with Gasteiger partial charge >= 0.3 is 11.9 Å². The lowest BCUT2D eigenvalue weighted by Gasteiger charge is -2.15. The lowest BCUT2D eigenvalue weighted by Crippen LogP contribution is -2.28. The zero-order valence-electron chi connectivity index (χ0n) is 61.3. The van der Waals surface area contributed by atoms with Gasteiger partial charge in [-0.05, 0) is 103 Å². The van der Waals surface area contributed by atoms with E-state index in [0.29, 0.717) is 12.8 Å². The Kier molecular flexibility index (Phi) is 78.7. The van der Waals surface area contributed by atoms with Crippen LogP contribution in [0.25, 0.3) is 0 Å². The molecule has 92 heavy (non-hydrogen) atoms. The van der Waals surface area contributed by atoms with Crippen LogP contribution in [0.2, 0.25) is 0 Å². The summed E-state index contributed by atoms with van der Waals surface area (Å²) in [5.41, 5.74) is 0. The Morgan fingerprint density at radius 3 is 0.707 bits per heavy atom. The summed E-state index contributed by atoms with van der Waals surface area (Å²) in [6, 6.07) is 0. The Morgan fingerprint density at radius 2 is 0.467 bits per heavy atom. The van der Waals surface area contributed by atoms with Crippen molar-refractivity contribution in [2.75, 3.05) is 13.2 Å². The second kappa shape index (κ2) is 81.8. The fourth-order valence-electron chi connectivity index (χ4n) is 12.0. The molecule has 0 bridgehead atoms. The van der Waals surface area contributed by atoms with Gasteiger partial charge in [0.25, 0.3) is 0 Å². The average molecular weight is 1280 g/mol. The van der Waals surface area contributed by atoms with Crippen molar-refractivity contribution in [1.82, 2.24) is 0 Å². The minimum atomic E-state index is -0.776. The van der Waals surface area contributed by atoms with E-state index in [2.05, 4.69) is 123 Å². The molecule has 532 valence electrons. The molecule has 5 heteroatoms. The fraction of sp³-hybridized carbons (Fsp3) is 0.770. The van der Waals surface area contributed by atoms with Crippen LogP contribution in [0, 0.1) is 0 Å². The summed E-state index contributed by atoms with van der Waals surface area (Å²) < 4.78 is 10.8. The molecule has 1 atom stereocenters. The van der Waals surface area contributed by atoms with Gasteiger partial charge in [-0.3, -0.25) is 9.59 Å². The third kappa shape index (κ3) is 79.0. The van der Waals surface area contributed by atoms with Crippen LogP contribution >= 0.6 is 0 Å². The molecular formula is C87H154O5. The van der Waals surface area contributed by atoms with E-state index in [1.165, 1.54) is 295 Å². The van der Waals surface area contributed by atoms with Crippen LogP contribution in [0.5, 0.6) is 0 Å². The van der Waals surface area contributed by atoms with E-state index in [4.69, 9.17) is 9.47 Å². The van der Waals surface area contributed by atoms with Crippen molar-refractivity contribution in [2.24, 2.45) is 0 Å². The molecule has 0 saturated heterocycles. The lowest BCUT2D eigenvalue weighted by molar-refractivity contribution is -0.161. The highest BCUT2D eigenvalue weighted by Gasteiger charge is 2.16. The zero-order valence-corrected chi connectivity index (χ0v) is 61.3. The summed E-state index contributed by atoms with van der Waals surface area (Å²) >= 11 is 0. The molecule has 1 N–H and O–H groups in total. The molecule has 0 radical (unpaired) electrons. The number of hydrogen-bond acceptors (Lipinski definition) is 5. The van der Waals surface area contributed by atoms with Gasteiger partial charge in [0, 0.05) is 12.8 Å². The van der Waals surface area contributed by atoms with Crippen molar-refractivity contribution >= 4 is 11.9 Å². The van der Waals surface area contributed by atoms with Crippen LogP contribution in [-0.4, -0.2) is 36.4 Å². The molecule has 0 aromatic rings. The summed E-state index contributed by atoms with van der Waals surface area (Å²) in [6.45, 7) is 4.06.